The molecule has 1 aromatic heterocycles. The zero-order valence-electron chi connectivity index (χ0n) is 9.10. The highest BCUT2D eigenvalue weighted by Crippen LogP contribution is 2.20. The molecule has 0 aliphatic heterocycles. The van der Waals surface area contributed by atoms with Gasteiger partial charge in [-0.1, -0.05) is 32.0 Å². The summed E-state index contributed by atoms with van der Waals surface area (Å²) in [6.45, 7) is 4.45. The van der Waals surface area contributed by atoms with Gasteiger partial charge in [-0.25, -0.2) is 4.98 Å². The highest BCUT2D eigenvalue weighted by molar-refractivity contribution is 5.57. The van der Waals surface area contributed by atoms with E-state index < -0.39 is 0 Å². The smallest absolute Gasteiger partial charge is 0.181 e. The number of hydrogen-bond donors (Lipinski definition) is 0. The number of hydrogen-bond acceptors (Lipinski definition) is 2. The van der Waals surface area contributed by atoms with Gasteiger partial charge in [0.25, 0.3) is 0 Å². The lowest BCUT2D eigenvalue weighted by atomic mass is 10.0. The van der Waals surface area contributed by atoms with Crippen LogP contribution in [0.25, 0.3) is 11.3 Å². The van der Waals surface area contributed by atoms with E-state index in [0.29, 0.717) is 5.92 Å². The van der Waals surface area contributed by atoms with Gasteiger partial charge in [0, 0.05) is 5.56 Å². The Balaban J connectivity index is 2.27. The van der Waals surface area contributed by atoms with Crippen molar-refractivity contribution < 1.29 is 4.42 Å². The molecule has 0 N–H and O–H groups in total. The van der Waals surface area contributed by atoms with Crippen LogP contribution in [0.5, 0.6) is 0 Å². The zero-order chi connectivity index (χ0) is 10.7. The third-order valence-electron chi connectivity index (χ3n) is 2.29. The van der Waals surface area contributed by atoms with E-state index in [0.717, 1.165) is 17.7 Å². The molecule has 2 heteroatoms. The third kappa shape index (κ3) is 2.46. The average molecular weight is 201 g/mol. The monoisotopic (exact) mass is 201 g/mol. The Morgan fingerprint density at radius 2 is 2.20 bits per heavy atom. The van der Waals surface area contributed by atoms with Crippen LogP contribution in [0.15, 0.2) is 41.3 Å². The largest absolute Gasteiger partial charge is 0.444 e. The van der Waals surface area contributed by atoms with Gasteiger partial charge < -0.3 is 4.42 Å². The van der Waals surface area contributed by atoms with Gasteiger partial charge in [-0.2, -0.15) is 0 Å². The minimum Gasteiger partial charge on any atom is -0.444 e. The molecule has 0 amide bonds. The van der Waals surface area contributed by atoms with Gasteiger partial charge in [-0.15, -0.1) is 0 Å². The summed E-state index contributed by atoms with van der Waals surface area (Å²) >= 11 is 0. The van der Waals surface area contributed by atoms with Crippen molar-refractivity contribution in [1.82, 2.24) is 4.98 Å². The first-order valence-electron chi connectivity index (χ1n) is 5.23. The molecule has 0 radical (unpaired) electrons. The number of benzene rings is 1. The number of oxazole rings is 1. The Bertz CT molecular complexity index is 418. The normalized spacial score (nSPS) is 10.9. The SMILES string of the molecule is CC(C)Cc1cccc(-c2cnco2)c1. The van der Waals surface area contributed by atoms with Gasteiger partial charge in [0.2, 0.25) is 0 Å². The first-order chi connectivity index (χ1) is 7.25. The van der Waals surface area contributed by atoms with Crippen molar-refractivity contribution in [2.24, 2.45) is 5.92 Å². The zero-order valence-corrected chi connectivity index (χ0v) is 9.10. The summed E-state index contributed by atoms with van der Waals surface area (Å²) in [5.41, 5.74) is 2.45. The number of aromatic nitrogens is 1. The first-order valence-corrected chi connectivity index (χ1v) is 5.23. The molecule has 0 saturated carbocycles. The van der Waals surface area contributed by atoms with Crippen molar-refractivity contribution in [3.05, 3.63) is 42.4 Å². The van der Waals surface area contributed by atoms with Crippen LogP contribution in [0.1, 0.15) is 19.4 Å². The van der Waals surface area contributed by atoms with Crippen molar-refractivity contribution in [3.63, 3.8) is 0 Å². The summed E-state index contributed by atoms with van der Waals surface area (Å²) in [5, 5.41) is 0. The topological polar surface area (TPSA) is 26.0 Å². The lowest BCUT2D eigenvalue weighted by molar-refractivity contribution is 0.571. The Kier molecular flexibility index (Phi) is 2.86. The Morgan fingerprint density at radius 1 is 1.33 bits per heavy atom. The molecule has 2 nitrogen and oxygen atoms in total. The summed E-state index contributed by atoms with van der Waals surface area (Å²) in [5.74, 6) is 1.51. The van der Waals surface area contributed by atoms with Crippen molar-refractivity contribution in [1.29, 1.82) is 0 Å². The maximum atomic E-state index is 5.27. The van der Waals surface area contributed by atoms with E-state index in [1.54, 1.807) is 6.20 Å². The molecule has 0 atom stereocenters. The molecule has 0 unspecified atom stereocenters. The van der Waals surface area contributed by atoms with Gasteiger partial charge in [0.1, 0.15) is 0 Å². The van der Waals surface area contributed by atoms with Crippen LogP contribution in [0.4, 0.5) is 0 Å². The van der Waals surface area contributed by atoms with E-state index in [4.69, 9.17) is 4.42 Å². The quantitative estimate of drug-likeness (QED) is 0.759. The lowest BCUT2D eigenvalue weighted by Gasteiger charge is -2.05. The third-order valence-corrected chi connectivity index (χ3v) is 2.29. The summed E-state index contributed by atoms with van der Waals surface area (Å²) in [6.07, 6.45) is 4.31. The molecule has 78 valence electrons. The van der Waals surface area contributed by atoms with Gasteiger partial charge in [0.05, 0.1) is 6.20 Å². The summed E-state index contributed by atoms with van der Waals surface area (Å²) in [4.78, 5) is 3.92. The van der Waals surface area contributed by atoms with Crippen LogP contribution in [-0.4, -0.2) is 4.98 Å². The average Bonchev–Trinajstić information content (AvgIpc) is 2.69. The Labute approximate surface area is 90.0 Å². The first kappa shape index (κ1) is 9.97. The molecular formula is C13H15NO. The van der Waals surface area contributed by atoms with Crippen LogP contribution >= 0.6 is 0 Å². The number of rotatable bonds is 3. The molecule has 0 spiro atoms. The molecule has 0 bridgehead atoms. The predicted molar refractivity (Wildman–Crippen MR) is 60.5 cm³/mol. The van der Waals surface area contributed by atoms with E-state index in [2.05, 4.69) is 37.0 Å². The maximum absolute atomic E-state index is 5.27. The molecule has 0 fully saturated rings. The molecule has 2 aromatic rings. The van der Waals surface area contributed by atoms with E-state index in [-0.39, 0.29) is 0 Å². The highest BCUT2D eigenvalue weighted by Gasteiger charge is 2.03. The van der Waals surface area contributed by atoms with Crippen molar-refractivity contribution in [3.8, 4) is 11.3 Å². The second-order valence-electron chi connectivity index (χ2n) is 4.16. The fourth-order valence-corrected chi connectivity index (χ4v) is 1.68. The summed E-state index contributed by atoms with van der Waals surface area (Å²) < 4.78 is 5.27. The molecule has 1 heterocycles. The molecule has 0 aliphatic rings. The van der Waals surface area contributed by atoms with Crippen LogP contribution in [0, 0.1) is 5.92 Å². The van der Waals surface area contributed by atoms with E-state index in [1.165, 1.54) is 12.0 Å². The minimum atomic E-state index is 0.676. The standard InChI is InChI=1S/C13H15NO/c1-10(2)6-11-4-3-5-12(7-11)13-8-14-9-15-13/h3-5,7-10H,6H2,1-2H3. The Morgan fingerprint density at radius 3 is 2.87 bits per heavy atom. The predicted octanol–water partition coefficient (Wildman–Crippen LogP) is 3.54. The van der Waals surface area contributed by atoms with Crippen LogP contribution < -0.4 is 0 Å². The molecule has 15 heavy (non-hydrogen) atoms. The van der Waals surface area contributed by atoms with Crippen molar-refractivity contribution in [2.75, 3.05) is 0 Å². The second kappa shape index (κ2) is 4.30. The molecule has 1 aromatic carbocycles. The van der Waals surface area contributed by atoms with Crippen LogP contribution in [-0.2, 0) is 6.42 Å². The van der Waals surface area contributed by atoms with Gasteiger partial charge in [-0.05, 0) is 24.0 Å². The van der Waals surface area contributed by atoms with E-state index in [1.807, 2.05) is 6.07 Å². The Hall–Kier alpha value is -1.57. The lowest BCUT2D eigenvalue weighted by Crippen LogP contribution is -1.93. The van der Waals surface area contributed by atoms with E-state index >= 15 is 0 Å². The highest BCUT2D eigenvalue weighted by atomic mass is 16.3. The maximum Gasteiger partial charge on any atom is 0.181 e. The number of nitrogens with zero attached hydrogens (tertiary/aromatic N) is 1. The minimum absolute atomic E-state index is 0.676. The molecular weight excluding hydrogens is 186 g/mol. The van der Waals surface area contributed by atoms with Gasteiger partial charge >= 0.3 is 0 Å². The van der Waals surface area contributed by atoms with Crippen LogP contribution in [0.2, 0.25) is 0 Å². The van der Waals surface area contributed by atoms with Crippen LogP contribution in [0.3, 0.4) is 0 Å². The van der Waals surface area contributed by atoms with E-state index in [9.17, 15) is 0 Å². The fourth-order valence-electron chi connectivity index (χ4n) is 1.68. The van der Waals surface area contributed by atoms with Crippen molar-refractivity contribution in [2.45, 2.75) is 20.3 Å². The summed E-state index contributed by atoms with van der Waals surface area (Å²) in [6, 6.07) is 8.43. The van der Waals surface area contributed by atoms with Gasteiger partial charge in [-0.3, -0.25) is 0 Å². The fraction of sp³-hybridized carbons (Fsp3) is 0.308. The molecule has 0 aliphatic carbocycles. The molecule has 0 saturated heterocycles. The second-order valence-corrected chi connectivity index (χ2v) is 4.16. The summed E-state index contributed by atoms with van der Waals surface area (Å²) in [7, 11) is 0. The molecule has 2 rings (SSSR count). The van der Waals surface area contributed by atoms with Crippen molar-refractivity contribution >= 4 is 0 Å². The van der Waals surface area contributed by atoms with Gasteiger partial charge in [0.15, 0.2) is 12.2 Å².